The van der Waals surface area contributed by atoms with Crippen LogP contribution in [0.4, 0.5) is 4.79 Å². The minimum absolute atomic E-state index is 0.108. The molecule has 32 heavy (non-hydrogen) atoms. The van der Waals surface area contributed by atoms with Crippen LogP contribution in [0.5, 0.6) is 0 Å². The van der Waals surface area contributed by atoms with Crippen LogP contribution in [-0.2, 0) is 14.3 Å². The number of benzene rings is 1. The molecule has 7 nitrogen and oxygen atoms in total. The molecule has 0 radical (unpaired) electrons. The van der Waals surface area contributed by atoms with Gasteiger partial charge in [0, 0.05) is 18.7 Å². The molecule has 1 aromatic carbocycles. The lowest BCUT2D eigenvalue weighted by Crippen LogP contribution is -2.54. The van der Waals surface area contributed by atoms with Crippen molar-refractivity contribution >= 4 is 17.9 Å². The number of terminal acetylenes is 1. The first-order valence-electron chi connectivity index (χ1n) is 10.9. The van der Waals surface area contributed by atoms with Crippen molar-refractivity contribution in [2.75, 3.05) is 7.05 Å². The van der Waals surface area contributed by atoms with Crippen molar-refractivity contribution in [2.24, 2.45) is 5.92 Å². The van der Waals surface area contributed by atoms with Gasteiger partial charge in [-0.05, 0) is 58.2 Å². The molecule has 0 aromatic heterocycles. The fraction of sp³-hybridized carbons (Fsp3) is 0.560. The fourth-order valence-electron chi connectivity index (χ4n) is 3.14. The first kappa shape index (κ1) is 27.0. The van der Waals surface area contributed by atoms with E-state index in [9.17, 15) is 14.4 Å². The number of hydrogen-bond donors (Lipinski definition) is 2. The standard InChI is InChI=1S/C25H37N3O4/c1-10-17(5)20(27-24(31)32-25(6,7)8)23(30)28(9)21(22(29)26-16(3)4)19-14-12-18(11-2)13-15-19/h2,12-17,20-21H,10H2,1,3-9H3,(H,26,29)(H,27,31). The van der Waals surface area contributed by atoms with Crippen LogP contribution in [0.1, 0.15) is 72.1 Å². The lowest BCUT2D eigenvalue weighted by Gasteiger charge is -2.34. The molecule has 7 heteroatoms. The first-order chi connectivity index (χ1) is 14.8. The number of carbonyl (C=O) groups excluding carboxylic acids is 3. The van der Waals surface area contributed by atoms with Gasteiger partial charge in [-0.2, -0.15) is 0 Å². The van der Waals surface area contributed by atoms with Crippen LogP contribution in [0, 0.1) is 18.3 Å². The SMILES string of the molecule is C#Cc1ccc(C(C(=O)NC(C)C)N(C)C(=O)C(NC(=O)OC(C)(C)C)C(C)CC)cc1. The van der Waals surface area contributed by atoms with Crippen LogP contribution in [0.2, 0.25) is 0 Å². The van der Waals surface area contributed by atoms with Gasteiger partial charge >= 0.3 is 6.09 Å². The highest BCUT2D eigenvalue weighted by molar-refractivity contribution is 5.92. The van der Waals surface area contributed by atoms with E-state index in [0.717, 1.165) is 0 Å². The summed E-state index contributed by atoms with van der Waals surface area (Å²) in [6, 6.07) is 5.10. The number of likely N-dealkylation sites (N-methyl/N-ethyl adjacent to an activating group) is 1. The molecule has 0 heterocycles. The number of nitrogens with zero attached hydrogens (tertiary/aromatic N) is 1. The minimum atomic E-state index is -0.885. The molecule has 0 aliphatic carbocycles. The highest BCUT2D eigenvalue weighted by atomic mass is 16.6. The van der Waals surface area contributed by atoms with E-state index in [1.807, 2.05) is 27.7 Å². The quantitative estimate of drug-likeness (QED) is 0.601. The third-order valence-electron chi connectivity index (χ3n) is 4.96. The summed E-state index contributed by atoms with van der Waals surface area (Å²) < 4.78 is 5.34. The van der Waals surface area contributed by atoms with E-state index in [0.29, 0.717) is 17.5 Å². The second kappa shape index (κ2) is 11.6. The number of alkyl carbamates (subject to hydrolysis) is 1. The molecule has 3 unspecified atom stereocenters. The second-order valence-electron chi connectivity index (χ2n) is 9.29. The molecule has 0 spiro atoms. The van der Waals surface area contributed by atoms with Crippen LogP contribution >= 0.6 is 0 Å². The van der Waals surface area contributed by atoms with Gasteiger partial charge in [-0.1, -0.05) is 38.3 Å². The van der Waals surface area contributed by atoms with Crippen LogP contribution in [0.3, 0.4) is 0 Å². The molecule has 0 bridgehead atoms. The van der Waals surface area contributed by atoms with Crippen molar-refractivity contribution in [3.8, 4) is 12.3 Å². The van der Waals surface area contributed by atoms with Gasteiger partial charge in [-0.3, -0.25) is 9.59 Å². The van der Waals surface area contributed by atoms with Crippen molar-refractivity contribution in [3.63, 3.8) is 0 Å². The Morgan fingerprint density at radius 1 is 1.09 bits per heavy atom. The summed E-state index contributed by atoms with van der Waals surface area (Å²) >= 11 is 0. The van der Waals surface area contributed by atoms with Gasteiger partial charge in [0.1, 0.15) is 17.7 Å². The molecule has 3 atom stereocenters. The van der Waals surface area contributed by atoms with E-state index in [1.165, 1.54) is 4.90 Å². The first-order valence-corrected chi connectivity index (χ1v) is 10.9. The predicted octanol–water partition coefficient (Wildman–Crippen LogP) is 3.63. The highest BCUT2D eigenvalue weighted by Gasteiger charge is 2.36. The fourth-order valence-corrected chi connectivity index (χ4v) is 3.14. The Labute approximate surface area is 192 Å². The molecule has 176 valence electrons. The van der Waals surface area contributed by atoms with Crippen LogP contribution < -0.4 is 10.6 Å². The Kier molecular flexibility index (Phi) is 9.77. The molecule has 1 rings (SSSR count). The monoisotopic (exact) mass is 443 g/mol. The summed E-state index contributed by atoms with van der Waals surface area (Å²) in [6.07, 6.45) is 5.42. The van der Waals surface area contributed by atoms with Crippen molar-refractivity contribution in [1.29, 1.82) is 0 Å². The Hall–Kier alpha value is -3.01. The third-order valence-corrected chi connectivity index (χ3v) is 4.96. The molecular formula is C25H37N3O4. The number of nitrogens with one attached hydrogen (secondary N) is 2. The van der Waals surface area contributed by atoms with Crippen LogP contribution in [0.15, 0.2) is 24.3 Å². The highest BCUT2D eigenvalue weighted by Crippen LogP contribution is 2.23. The van der Waals surface area contributed by atoms with E-state index < -0.39 is 23.8 Å². The molecule has 3 amide bonds. The lowest BCUT2D eigenvalue weighted by molar-refractivity contribution is -0.142. The average molecular weight is 444 g/mol. The maximum atomic E-state index is 13.5. The molecule has 0 saturated carbocycles. The topological polar surface area (TPSA) is 87.7 Å². The van der Waals surface area contributed by atoms with Gasteiger partial charge < -0.3 is 20.3 Å². The zero-order valence-corrected chi connectivity index (χ0v) is 20.5. The van der Waals surface area contributed by atoms with Crippen molar-refractivity contribution in [3.05, 3.63) is 35.4 Å². The molecular weight excluding hydrogens is 406 g/mol. The normalized spacial score (nSPS) is 14.0. The summed E-state index contributed by atoms with van der Waals surface area (Å²) in [5.41, 5.74) is 0.602. The summed E-state index contributed by atoms with van der Waals surface area (Å²) in [5, 5.41) is 5.57. The second-order valence-corrected chi connectivity index (χ2v) is 9.29. The summed E-state index contributed by atoms with van der Waals surface area (Å²) in [5.74, 6) is 1.68. The minimum Gasteiger partial charge on any atom is -0.444 e. The van der Waals surface area contributed by atoms with Gasteiger partial charge in [-0.15, -0.1) is 6.42 Å². The largest absolute Gasteiger partial charge is 0.444 e. The summed E-state index contributed by atoms with van der Waals surface area (Å²) in [4.78, 5) is 40.4. The zero-order valence-electron chi connectivity index (χ0n) is 20.5. The lowest BCUT2D eigenvalue weighted by atomic mass is 9.96. The summed E-state index contributed by atoms with van der Waals surface area (Å²) in [7, 11) is 1.56. The van der Waals surface area contributed by atoms with E-state index in [1.54, 1.807) is 52.1 Å². The van der Waals surface area contributed by atoms with Crippen molar-refractivity contribution in [1.82, 2.24) is 15.5 Å². The molecule has 0 aliphatic rings. The third kappa shape index (κ3) is 7.92. The average Bonchev–Trinajstić information content (AvgIpc) is 2.69. The van der Waals surface area contributed by atoms with E-state index in [4.69, 9.17) is 11.2 Å². The Bertz CT molecular complexity index is 834. The van der Waals surface area contributed by atoms with Crippen molar-refractivity contribution in [2.45, 2.75) is 78.6 Å². The number of amides is 3. The predicted molar refractivity (Wildman–Crippen MR) is 126 cm³/mol. The van der Waals surface area contributed by atoms with Gasteiger partial charge in [-0.25, -0.2) is 4.79 Å². The Morgan fingerprint density at radius 2 is 1.66 bits per heavy atom. The maximum Gasteiger partial charge on any atom is 0.408 e. The van der Waals surface area contributed by atoms with Crippen molar-refractivity contribution < 1.29 is 19.1 Å². The number of rotatable bonds is 8. The van der Waals surface area contributed by atoms with Crippen LogP contribution in [-0.4, -0.2) is 47.5 Å². The number of ether oxygens (including phenoxy) is 1. The van der Waals surface area contributed by atoms with Gasteiger partial charge in [0.25, 0.3) is 0 Å². The molecule has 1 aromatic rings. The number of carbonyl (C=O) groups is 3. The van der Waals surface area contributed by atoms with Gasteiger partial charge in [0.2, 0.25) is 11.8 Å². The Balaban J connectivity index is 3.28. The smallest absolute Gasteiger partial charge is 0.408 e. The van der Waals surface area contributed by atoms with Gasteiger partial charge in [0.15, 0.2) is 0 Å². The Morgan fingerprint density at radius 3 is 2.09 bits per heavy atom. The van der Waals surface area contributed by atoms with Gasteiger partial charge in [0.05, 0.1) is 0 Å². The van der Waals surface area contributed by atoms with E-state index in [2.05, 4.69) is 16.6 Å². The number of hydrogen-bond acceptors (Lipinski definition) is 4. The molecule has 0 aliphatic heterocycles. The zero-order chi connectivity index (χ0) is 24.6. The molecule has 2 N–H and O–H groups in total. The van der Waals surface area contributed by atoms with E-state index >= 15 is 0 Å². The van der Waals surface area contributed by atoms with Crippen LogP contribution in [0.25, 0.3) is 0 Å². The summed E-state index contributed by atoms with van der Waals surface area (Å²) in [6.45, 7) is 12.8. The molecule has 0 saturated heterocycles. The molecule has 0 fully saturated rings. The van der Waals surface area contributed by atoms with E-state index in [-0.39, 0.29) is 23.8 Å². The maximum absolute atomic E-state index is 13.5.